The molecule has 0 aliphatic rings. The van der Waals surface area contributed by atoms with Crippen LogP contribution in [0.4, 0.5) is 0 Å². The Labute approximate surface area is 141 Å². The number of nitro groups is 1. The molecule has 3 unspecified atom stereocenters. The molecule has 3 atom stereocenters. The van der Waals surface area contributed by atoms with E-state index in [0.29, 0.717) is 5.92 Å². The van der Waals surface area contributed by atoms with Crippen LogP contribution in [-0.2, 0) is 6.42 Å². The Kier molecular flexibility index (Phi) is 8.97. The lowest BCUT2D eigenvalue weighted by Crippen LogP contribution is -2.13. The first-order valence-electron chi connectivity index (χ1n) is 9.24. The first kappa shape index (κ1) is 19.7. The van der Waals surface area contributed by atoms with Crippen LogP contribution < -0.4 is 0 Å². The SMILES string of the molecule is CCC(C)CCCC(C)CCCC(C)Cc1cccn1[N+](=O)[O-]. The van der Waals surface area contributed by atoms with E-state index in [-0.39, 0.29) is 5.03 Å². The van der Waals surface area contributed by atoms with E-state index in [0.717, 1.165) is 35.0 Å². The Morgan fingerprint density at radius 1 is 1.04 bits per heavy atom. The number of hydrogen-bond acceptors (Lipinski definition) is 2. The number of nitrogens with zero attached hydrogens (tertiary/aromatic N) is 2. The maximum atomic E-state index is 10.9. The van der Waals surface area contributed by atoms with Crippen molar-refractivity contribution in [2.45, 2.75) is 79.1 Å². The molecule has 23 heavy (non-hydrogen) atoms. The van der Waals surface area contributed by atoms with Crippen LogP contribution in [-0.4, -0.2) is 9.71 Å². The first-order chi connectivity index (χ1) is 10.9. The molecule has 0 amide bonds. The molecule has 0 fully saturated rings. The summed E-state index contributed by atoms with van der Waals surface area (Å²) in [6.07, 6.45) is 11.3. The molecular formula is C19H34N2O2. The zero-order valence-corrected chi connectivity index (χ0v) is 15.3. The van der Waals surface area contributed by atoms with Crippen molar-refractivity contribution in [2.75, 3.05) is 0 Å². The highest BCUT2D eigenvalue weighted by molar-refractivity contribution is 5.06. The van der Waals surface area contributed by atoms with E-state index < -0.39 is 0 Å². The minimum atomic E-state index is -0.346. The largest absolute Gasteiger partial charge is 0.234 e. The second-order valence-electron chi connectivity index (χ2n) is 7.37. The fraction of sp³-hybridized carbons (Fsp3) is 0.789. The van der Waals surface area contributed by atoms with Crippen molar-refractivity contribution in [2.24, 2.45) is 17.8 Å². The molecule has 0 N–H and O–H groups in total. The van der Waals surface area contributed by atoms with Crippen LogP contribution in [0, 0.1) is 27.9 Å². The Morgan fingerprint density at radius 3 is 2.17 bits per heavy atom. The summed E-state index contributed by atoms with van der Waals surface area (Å²) in [4.78, 5) is 10.9. The van der Waals surface area contributed by atoms with Gasteiger partial charge < -0.3 is 0 Å². The second-order valence-corrected chi connectivity index (χ2v) is 7.37. The molecule has 4 nitrogen and oxygen atoms in total. The fourth-order valence-electron chi connectivity index (χ4n) is 3.17. The minimum absolute atomic E-state index is 0.346. The third-order valence-corrected chi connectivity index (χ3v) is 5.03. The molecule has 0 bridgehead atoms. The summed E-state index contributed by atoms with van der Waals surface area (Å²) in [7, 11) is 0. The van der Waals surface area contributed by atoms with Crippen LogP contribution >= 0.6 is 0 Å². The van der Waals surface area contributed by atoms with Crippen molar-refractivity contribution < 1.29 is 5.03 Å². The Bertz CT molecular complexity index is 456. The first-order valence-corrected chi connectivity index (χ1v) is 9.24. The molecule has 0 aliphatic carbocycles. The van der Waals surface area contributed by atoms with Crippen LogP contribution in [0.5, 0.6) is 0 Å². The van der Waals surface area contributed by atoms with Crippen molar-refractivity contribution >= 4 is 0 Å². The summed E-state index contributed by atoms with van der Waals surface area (Å²) in [5.74, 6) is 2.16. The molecule has 1 aromatic heterocycles. The maximum Gasteiger partial charge on any atom is 0.169 e. The molecule has 4 heteroatoms. The Balaban J connectivity index is 2.19. The summed E-state index contributed by atoms with van der Waals surface area (Å²) in [6.45, 7) is 9.17. The van der Waals surface area contributed by atoms with Gasteiger partial charge in [-0.3, -0.25) is 0 Å². The van der Waals surface area contributed by atoms with Gasteiger partial charge in [0, 0.05) is 0 Å². The maximum absolute atomic E-state index is 10.9. The normalized spacial score (nSPS) is 15.3. The van der Waals surface area contributed by atoms with Gasteiger partial charge in [0.1, 0.15) is 0 Å². The molecule has 0 aromatic carbocycles. The van der Waals surface area contributed by atoms with Gasteiger partial charge in [0.15, 0.2) is 5.03 Å². The lowest BCUT2D eigenvalue weighted by molar-refractivity contribution is -0.543. The molecule has 0 saturated heterocycles. The van der Waals surface area contributed by atoms with E-state index in [1.807, 2.05) is 6.07 Å². The Morgan fingerprint density at radius 2 is 1.61 bits per heavy atom. The molecule has 0 radical (unpaired) electrons. The molecule has 0 saturated carbocycles. The highest BCUT2D eigenvalue weighted by Gasteiger charge is 2.13. The highest BCUT2D eigenvalue weighted by Crippen LogP contribution is 2.21. The van der Waals surface area contributed by atoms with Gasteiger partial charge in [-0.05, 0) is 36.3 Å². The van der Waals surface area contributed by atoms with Crippen molar-refractivity contribution in [1.29, 1.82) is 0 Å². The van der Waals surface area contributed by atoms with Crippen molar-refractivity contribution in [3.05, 3.63) is 34.1 Å². The van der Waals surface area contributed by atoms with Gasteiger partial charge in [-0.25, -0.2) is 10.1 Å². The molecule has 1 heterocycles. The number of rotatable bonds is 12. The lowest BCUT2D eigenvalue weighted by Gasteiger charge is -2.15. The summed E-state index contributed by atoms with van der Waals surface area (Å²) in [5, 5.41) is 10.6. The Hall–Kier alpha value is -1.32. The molecule has 0 spiro atoms. The average Bonchev–Trinajstić information content (AvgIpc) is 2.95. The van der Waals surface area contributed by atoms with Gasteiger partial charge in [0.2, 0.25) is 0 Å². The van der Waals surface area contributed by atoms with Crippen LogP contribution in [0.2, 0.25) is 0 Å². The quantitative estimate of drug-likeness (QED) is 0.364. The van der Waals surface area contributed by atoms with E-state index in [4.69, 9.17) is 0 Å². The number of aromatic nitrogens is 1. The third kappa shape index (κ3) is 7.67. The minimum Gasteiger partial charge on any atom is -0.234 e. The monoisotopic (exact) mass is 322 g/mol. The molecule has 1 aromatic rings. The number of hydrogen-bond donors (Lipinski definition) is 0. The molecule has 0 aliphatic heterocycles. The van der Waals surface area contributed by atoms with Crippen LogP contribution in [0.25, 0.3) is 0 Å². The van der Waals surface area contributed by atoms with Gasteiger partial charge in [0.25, 0.3) is 0 Å². The van der Waals surface area contributed by atoms with Crippen LogP contribution in [0.3, 0.4) is 0 Å². The van der Waals surface area contributed by atoms with Gasteiger partial charge >= 0.3 is 0 Å². The zero-order chi connectivity index (χ0) is 17.2. The highest BCUT2D eigenvalue weighted by atomic mass is 16.7. The van der Waals surface area contributed by atoms with Gasteiger partial charge in [-0.2, -0.15) is 0 Å². The van der Waals surface area contributed by atoms with E-state index in [1.54, 1.807) is 6.07 Å². The lowest BCUT2D eigenvalue weighted by atomic mass is 9.91. The van der Waals surface area contributed by atoms with E-state index >= 15 is 0 Å². The van der Waals surface area contributed by atoms with Crippen molar-refractivity contribution in [3.8, 4) is 0 Å². The predicted molar refractivity (Wildman–Crippen MR) is 96.0 cm³/mol. The molecular weight excluding hydrogens is 288 g/mol. The third-order valence-electron chi connectivity index (χ3n) is 5.03. The van der Waals surface area contributed by atoms with Crippen molar-refractivity contribution in [3.63, 3.8) is 0 Å². The fourth-order valence-corrected chi connectivity index (χ4v) is 3.17. The van der Waals surface area contributed by atoms with Crippen molar-refractivity contribution in [1.82, 2.24) is 4.68 Å². The molecule has 132 valence electrons. The van der Waals surface area contributed by atoms with Crippen LogP contribution in [0.1, 0.15) is 78.3 Å². The standard InChI is InChI=1S/C19H34N2O2/c1-5-16(2)9-6-10-17(3)11-7-12-18(4)15-19-13-8-14-20(19)21(22)23/h8,13-14,16-18H,5-7,9-12,15H2,1-4H3. The van der Waals surface area contributed by atoms with E-state index in [1.165, 1.54) is 44.7 Å². The van der Waals surface area contributed by atoms with Gasteiger partial charge in [-0.15, -0.1) is 0 Å². The summed E-state index contributed by atoms with van der Waals surface area (Å²) in [6, 6.07) is 3.61. The smallest absolute Gasteiger partial charge is 0.169 e. The van der Waals surface area contributed by atoms with E-state index in [9.17, 15) is 10.1 Å². The van der Waals surface area contributed by atoms with Gasteiger partial charge in [-0.1, -0.05) is 77.3 Å². The predicted octanol–water partition coefficient (Wildman–Crippen LogP) is 5.73. The average molecular weight is 322 g/mol. The topological polar surface area (TPSA) is 48.1 Å². The van der Waals surface area contributed by atoms with Gasteiger partial charge in [0.05, 0.1) is 11.9 Å². The van der Waals surface area contributed by atoms with E-state index in [2.05, 4.69) is 27.7 Å². The zero-order valence-electron chi connectivity index (χ0n) is 15.3. The second kappa shape index (κ2) is 10.5. The van der Waals surface area contributed by atoms with Crippen LogP contribution in [0.15, 0.2) is 18.3 Å². The summed E-state index contributed by atoms with van der Waals surface area (Å²) in [5.41, 5.74) is 0.809. The summed E-state index contributed by atoms with van der Waals surface area (Å²) < 4.78 is 1.15. The molecule has 1 rings (SSSR count). The summed E-state index contributed by atoms with van der Waals surface area (Å²) >= 11 is 0.